The quantitative estimate of drug-likeness (QED) is 0.266. The monoisotopic (exact) mass is 450 g/mol. The second kappa shape index (κ2) is 16.8. The molecular formula is C28H50S2. The van der Waals surface area contributed by atoms with E-state index < -0.39 is 9.21 Å². The second-order valence-electron chi connectivity index (χ2n) is 7.81. The highest BCUT2D eigenvalue weighted by atomic mass is 32.2. The third-order valence-corrected chi connectivity index (χ3v) is 7.90. The SMILES string of the molecule is C=C(S/C(C)=C\C)c1ccc(C([C@@H](C)C(C)CCCC)=S(=C)(C)C)cc1.CC.CC. The van der Waals surface area contributed by atoms with E-state index >= 15 is 0 Å². The van der Waals surface area contributed by atoms with Crippen LogP contribution < -0.4 is 0 Å². The molecule has 0 aliphatic rings. The van der Waals surface area contributed by atoms with E-state index in [-0.39, 0.29) is 0 Å². The van der Waals surface area contributed by atoms with E-state index in [1.54, 1.807) is 16.6 Å². The molecule has 30 heavy (non-hydrogen) atoms. The lowest BCUT2D eigenvalue weighted by molar-refractivity contribution is 0.436. The van der Waals surface area contributed by atoms with Crippen molar-refractivity contribution in [3.8, 4) is 0 Å². The van der Waals surface area contributed by atoms with E-state index in [0.29, 0.717) is 11.8 Å². The molecule has 0 saturated heterocycles. The molecule has 2 heteroatoms. The summed E-state index contributed by atoms with van der Waals surface area (Å²) in [5, 5.41) is 0. The summed E-state index contributed by atoms with van der Waals surface area (Å²) >= 11 is 1.75. The number of benzene rings is 1. The molecule has 0 aliphatic heterocycles. The number of hydrogen-bond donors (Lipinski definition) is 0. The average Bonchev–Trinajstić information content (AvgIpc) is 2.74. The molecule has 0 aromatic heterocycles. The molecule has 0 fully saturated rings. The highest BCUT2D eigenvalue weighted by Crippen LogP contribution is 2.34. The van der Waals surface area contributed by atoms with E-state index in [1.807, 2.05) is 27.7 Å². The molecule has 1 aromatic rings. The van der Waals surface area contributed by atoms with Crippen molar-refractivity contribution in [2.24, 2.45) is 11.8 Å². The van der Waals surface area contributed by atoms with E-state index in [9.17, 15) is 0 Å². The first-order valence-electron chi connectivity index (χ1n) is 11.7. The van der Waals surface area contributed by atoms with Gasteiger partial charge >= 0.3 is 0 Å². The van der Waals surface area contributed by atoms with Crippen LogP contribution in [-0.2, 0) is 0 Å². The van der Waals surface area contributed by atoms with Crippen LogP contribution in [0.3, 0.4) is 0 Å². The number of unbranched alkanes of at least 4 members (excludes halogenated alkanes) is 1. The first-order valence-corrected chi connectivity index (χ1v) is 15.1. The van der Waals surface area contributed by atoms with Crippen molar-refractivity contribution < 1.29 is 0 Å². The van der Waals surface area contributed by atoms with Gasteiger partial charge in [-0.3, -0.25) is 0 Å². The smallest absolute Gasteiger partial charge is 0.0119 e. The van der Waals surface area contributed by atoms with Gasteiger partial charge in [0.05, 0.1) is 0 Å². The zero-order valence-electron chi connectivity index (χ0n) is 21.9. The van der Waals surface area contributed by atoms with Crippen LogP contribution in [0.2, 0.25) is 0 Å². The normalized spacial score (nSPS) is 13.2. The minimum absolute atomic E-state index is 0.567. The number of allylic oxidation sites excluding steroid dienone is 2. The van der Waals surface area contributed by atoms with Gasteiger partial charge in [-0.1, -0.05) is 122 Å². The molecule has 2 atom stereocenters. The van der Waals surface area contributed by atoms with Crippen LogP contribution >= 0.6 is 21.0 Å². The molecule has 0 bridgehead atoms. The fourth-order valence-electron chi connectivity index (χ4n) is 3.25. The molecule has 0 spiro atoms. The van der Waals surface area contributed by atoms with Gasteiger partial charge in [0.15, 0.2) is 0 Å². The van der Waals surface area contributed by atoms with Crippen molar-refractivity contribution in [1.29, 1.82) is 0 Å². The summed E-state index contributed by atoms with van der Waals surface area (Å²) in [7, 11) is -1.01. The van der Waals surface area contributed by atoms with Gasteiger partial charge in [0.25, 0.3) is 0 Å². The van der Waals surface area contributed by atoms with Gasteiger partial charge in [0.1, 0.15) is 0 Å². The van der Waals surface area contributed by atoms with E-state index in [0.717, 1.165) is 4.91 Å². The first kappa shape index (κ1) is 31.3. The molecule has 0 heterocycles. The zero-order chi connectivity index (χ0) is 23.9. The lowest BCUT2D eigenvalue weighted by Crippen LogP contribution is -2.21. The predicted molar refractivity (Wildman–Crippen MR) is 154 cm³/mol. The Bertz CT molecular complexity index is 733. The molecule has 174 valence electrons. The molecule has 0 aliphatic carbocycles. The first-order chi connectivity index (χ1) is 14.1. The van der Waals surface area contributed by atoms with Crippen LogP contribution in [0.15, 0.2) is 41.8 Å². The van der Waals surface area contributed by atoms with Gasteiger partial charge in [-0.25, -0.2) is 9.21 Å². The van der Waals surface area contributed by atoms with Gasteiger partial charge in [0.2, 0.25) is 0 Å². The van der Waals surface area contributed by atoms with Crippen LogP contribution in [0.4, 0.5) is 0 Å². The van der Waals surface area contributed by atoms with Gasteiger partial charge in [-0.2, -0.15) is 0 Å². The standard InChI is InChI=1S/C24H38S2.2C2H6/c1-10-12-13-18(3)20(5)24(26(7,8)9)23-16-14-22(15-17-23)21(6)25-19(4)11-2;2*1-2/h11,14-18,20H,6-7,10,12-13H2,1-5,8-9H3;2*1-2H3/b19-11-;;/t18?,20-;;/m0../s1. The average molecular weight is 451 g/mol. The Balaban J connectivity index is 0. The molecule has 1 aromatic carbocycles. The Morgan fingerprint density at radius 2 is 1.50 bits per heavy atom. The highest BCUT2D eigenvalue weighted by Gasteiger charge is 2.20. The van der Waals surface area contributed by atoms with Crippen LogP contribution in [0.1, 0.15) is 92.7 Å². The Hall–Kier alpha value is -0.860. The Morgan fingerprint density at radius 1 is 1.03 bits per heavy atom. The Labute approximate surface area is 195 Å². The van der Waals surface area contributed by atoms with Crippen molar-refractivity contribution in [2.75, 3.05) is 12.5 Å². The predicted octanol–water partition coefficient (Wildman–Crippen LogP) is 9.85. The van der Waals surface area contributed by atoms with Gasteiger partial charge in [-0.15, -0.1) is 0 Å². The van der Waals surface area contributed by atoms with Gasteiger partial charge < -0.3 is 0 Å². The van der Waals surface area contributed by atoms with Gasteiger partial charge in [0, 0.05) is 4.91 Å². The summed E-state index contributed by atoms with van der Waals surface area (Å²) in [6.45, 7) is 23.5. The number of hydrogen-bond acceptors (Lipinski definition) is 1. The highest BCUT2D eigenvalue weighted by molar-refractivity contribution is 8.28. The lowest BCUT2D eigenvalue weighted by atomic mass is 9.86. The molecule has 0 N–H and O–H groups in total. The molecule has 0 nitrogen and oxygen atoms in total. The summed E-state index contributed by atoms with van der Waals surface area (Å²) in [4.78, 5) is 3.95. The van der Waals surface area contributed by atoms with E-state index in [2.05, 4.69) is 89.9 Å². The van der Waals surface area contributed by atoms with Crippen molar-refractivity contribution in [3.05, 3.63) is 53.0 Å². The van der Waals surface area contributed by atoms with Crippen LogP contribution in [0.25, 0.3) is 4.91 Å². The largest absolute Gasteiger partial charge is 0.210 e. The summed E-state index contributed by atoms with van der Waals surface area (Å²) in [6.07, 6.45) is 10.7. The summed E-state index contributed by atoms with van der Waals surface area (Å²) in [5.74, 6) is 5.82. The number of thioether (sulfide) groups is 1. The minimum Gasteiger partial charge on any atom is -0.210 e. The zero-order valence-corrected chi connectivity index (χ0v) is 23.5. The number of rotatable bonds is 9. The fourth-order valence-corrected chi connectivity index (χ4v) is 6.03. The van der Waals surface area contributed by atoms with Gasteiger partial charge in [-0.05, 0) is 59.1 Å². The molecule has 0 saturated carbocycles. The van der Waals surface area contributed by atoms with Crippen molar-refractivity contribution in [2.45, 2.75) is 81.6 Å². The van der Waals surface area contributed by atoms with E-state index in [4.69, 9.17) is 0 Å². The third kappa shape index (κ3) is 11.0. The van der Waals surface area contributed by atoms with Crippen LogP contribution in [0, 0.1) is 11.8 Å². The summed E-state index contributed by atoms with van der Waals surface area (Å²) in [5.41, 5.74) is 2.57. The topological polar surface area (TPSA) is 0 Å². The summed E-state index contributed by atoms with van der Waals surface area (Å²) in [6, 6.07) is 9.01. The molecule has 1 unspecified atom stereocenters. The molecular weight excluding hydrogens is 400 g/mol. The van der Waals surface area contributed by atoms with E-state index in [1.165, 1.54) is 35.3 Å². The third-order valence-electron chi connectivity index (χ3n) is 5.06. The van der Waals surface area contributed by atoms with Crippen LogP contribution in [-0.4, -0.2) is 23.2 Å². The van der Waals surface area contributed by atoms with Crippen molar-refractivity contribution in [3.63, 3.8) is 0 Å². The second-order valence-corrected chi connectivity index (χ2v) is 12.7. The molecule has 1 rings (SSSR count). The Morgan fingerprint density at radius 3 is 1.90 bits per heavy atom. The maximum atomic E-state index is 4.56. The van der Waals surface area contributed by atoms with Crippen molar-refractivity contribution in [1.82, 2.24) is 0 Å². The van der Waals surface area contributed by atoms with Crippen molar-refractivity contribution >= 4 is 36.6 Å². The fraction of sp³-hybridized carbons (Fsp3) is 0.571. The van der Waals surface area contributed by atoms with Crippen LogP contribution in [0.5, 0.6) is 0 Å². The maximum Gasteiger partial charge on any atom is 0.0119 e. The molecule has 0 radical (unpaired) electrons. The molecule has 0 amide bonds. The Kier molecular flexibility index (Phi) is 17.5. The lowest BCUT2D eigenvalue weighted by Gasteiger charge is -2.27. The minimum atomic E-state index is -1.01. The summed E-state index contributed by atoms with van der Waals surface area (Å²) < 4.78 is 0. The maximum absolute atomic E-state index is 4.56.